The molecule has 2 aromatic carbocycles. The zero-order valence-electron chi connectivity index (χ0n) is 18.9. The maximum absolute atomic E-state index is 13.2. The molecule has 0 radical (unpaired) electrons. The molecule has 2 aromatic rings. The number of urea groups is 1. The fourth-order valence-corrected chi connectivity index (χ4v) is 5.91. The minimum Gasteiger partial charge on any atom is -0.493 e. The zero-order chi connectivity index (χ0) is 23.7. The van der Waals surface area contributed by atoms with Crippen LogP contribution in [0.25, 0.3) is 0 Å². The minimum absolute atomic E-state index is 0.0591. The Bertz CT molecular complexity index is 1130. The van der Waals surface area contributed by atoms with E-state index in [1.807, 2.05) is 35.2 Å². The number of likely N-dealkylation sites (tertiary alicyclic amines) is 1. The molecule has 2 N–H and O–H groups in total. The van der Waals surface area contributed by atoms with Crippen LogP contribution in [0.5, 0.6) is 5.75 Å². The van der Waals surface area contributed by atoms with Gasteiger partial charge in [-0.3, -0.25) is 9.69 Å². The molecule has 3 aliphatic heterocycles. The maximum atomic E-state index is 13.2. The van der Waals surface area contributed by atoms with Gasteiger partial charge in [-0.2, -0.15) is 0 Å². The molecule has 2 unspecified atom stereocenters. The predicted molar refractivity (Wildman–Crippen MR) is 135 cm³/mol. The van der Waals surface area contributed by atoms with E-state index in [2.05, 4.69) is 28.8 Å². The summed E-state index contributed by atoms with van der Waals surface area (Å²) in [5.74, 6) is 0.838. The molecule has 9 heteroatoms. The van der Waals surface area contributed by atoms with Gasteiger partial charge in [0, 0.05) is 50.3 Å². The third-order valence-corrected chi connectivity index (χ3v) is 7.88. The molecule has 0 aromatic heterocycles. The van der Waals surface area contributed by atoms with Gasteiger partial charge in [0.1, 0.15) is 5.75 Å². The Balaban J connectivity index is 1.36. The Morgan fingerprint density at radius 3 is 2.76 bits per heavy atom. The number of nitrogens with one attached hydrogen (secondary N) is 2. The highest BCUT2D eigenvalue weighted by molar-refractivity contribution is 8.05. The number of carbonyl (C=O) groups excluding carboxylic acids is 2. The largest absolute Gasteiger partial charge is 0.493 e. The molecule has 0 bridgehead atoms. The number of benzene rings is 2. The molecule has 34 heavy (non-hydrogen) atoms. The highest BCUT2D eigenvalue weighted by Crippen LogP contribution is 2.47. The number of fused-ring (bicyclic) bond motifs is 2. The number of ether oxygens (including phenoxy) is 1. The standard InChI is InChI=1S/C25H27ClN4O3S/c1-17(31)29-11-10-25(15-29)16-30(24(32)28-23-27-14-22(26)34-23)21-8-7-19(13-20(21)25)33-12-9-18-5-3-2-4-6-18/h2-8,13-14,23,27H,9-12,15-16H2,1H3,(H,28,32). The molecule has 3 amide bonds. The van der Waals surface area contributed by atoms with Crippen molar-refractivity contribution in [3.05, 3.63) is 70.2 Å². The molecular formula is C25H27ClN4O3S. The van der Waals surface area contributed by atoms with Crippen molar-refractivity contribution in [3.8, 4) is 5.75 Å². The van der Waals surface area contributed by atoms with Crippen LogP contribution in [-0.4, -0.2) is 48.6 Å². The van der Waals surface area contributed by atoms with Crippen LogP contribution < -0.4 is 20.3 Å². The highest BCUT2D eigenvalue weighted by atomic mass is 35.5. The van der Waals surface area contributed by atoms with Crippen molar-refractivity contribution in [2.24, 2.45) is 0 Å². The first-order valence-corrected chi connectivity index (χ1v) is 12.6. The summed E-state index contributed by atoms with van der Waals surface area (Å²) in [6, 6.07) is 16.0. The van der Waals surface area contributed by atoms with E-state index in [1.165, 1.54) is 17.3 Å². The van der Waals surface area contributed by atoms with Crippen molar-refractivity contribution >= 4 is 41.0 Å². The summed E-state index contributed by atoms with van der Waals surface area (Å²) in [5.41, 5.74) is 2.54. The number of rotatable bonds is 5. The molecule has 2 atom stereocenters. The average molecular weight is 499 g/mol. The second kappa shape index (κ2) is 9.43. The second-order valence-corrected chi connectivity index (χ2v) is 10.7. The van der Waals surface area contributed by atoms with E-state index in [1.54, 1.807) is 18.0 Å². The lowest BCUT2D eigenvalue weighted by molar-refractivity contribution is -0.127. The minimum atomic E-state index is -0.308. The van der Waals surface area contributed by atoms with Crippen molar-refractivity contribution in [2.75, 3.05) is 31.1 Å². The Hall–Kier alpha value is -2.84. The number of hydrogen-bond acceptors (Lipinski definition) is 5. The lowest BCUT2D eigenvalue weighted by atomic mass is 9.81. The molecule has 3 aliphatic rings. The van der Waals surface area contributed by atoms with E-state index in [4.69, 9.17) is 16.3 Å². The summed E-state index contributed by atoms with van der Waals surface area (Å²) in [7, 11) is 0. The van der Waals surface area contributed by atoms with Crippen LogP contribution in [0.1, 0.15) is 24.5 Å². The molecule has 0 aliphatic carbocycles. The third-order valence-electron chi connectivity index (χ3n) is 6.67. The van der Waals surface area contributed by atoms with Crippen molar-refractivity contribution < 1.29 is 14.3 Å². The summed E-state index contributed by atoms with van der Waals surface area (Å²) in [5, 5.41) is 6.04. The smallest absolute Gasteiger partial charge is 0.324 e. The Labute approximate surface area is 208 Å². The van der Waals surface area contributed by atoms with E-state index in [0.29, 0.717) is 30.6 Å². The molecular weight excluding hydrogens is 472 g/mol. The van der Waals surface area contributed by atoms with Gasteiger partial charge in [0.05, 0.1) is 11.0 Å². The van der Waals surface area contributed by atoms with Crippen LogP contribution >= 0.6 is 23.4 Å². The molecule has 178 valence electrons. The Morgan fingerprint density at radius 2 is 2.06 bits per heavy atom. The third kappa shape index (κ3) is 4.57. The Kier molecular flexibility index (Phi) is 6.36. The number of hydrogen-bond donors (Lipinski definition) is 2. The van der Waals surface area contributed by atoms with Gasteiger partial charge < -0.3 is 20.3 Å². The number of anilines is 1. The topological polar surface area (TPSA) is 73.9 Å². The molecule has 5 rings (SSSR count). The molecule has 1 saturated heterocycles. The van der Waals surface area contributed by atoms with Gasteiger partial charge in [0.15, 0.2) is 5.50 Å². The van der Waals surface area contributed by atoms with Crippen LogP contribution in [0.2, 0.25) is 0 Å². The second-order valence-electron chi connectivity index (χ2n) is 8.88. The van der Waals surface area contributed by atoms with Gasteiger partial charge in [-0.25, -0.2) is 4.79 Å². The first kappa shape index (κ1) is 22.9. The van der Waals surface area contributed by atoms with Gasteiger partial charge >= 0.3 is 6.03 Å². The van der Waals surface area contributed by atoms with Gasteiger partial charge in [0.25, 0.3) is 0 Å². The predicted octanol–water partition coefficient (Wildman–Crippen LogP) is 3.99. The molecule has 0 saturated carbocycles. The van der Waals surface area contributed by atoms with Crippen LogP contribution in [0.4, 0.5) is 10.5 Å². The average Bonchev–Trinajstić information content (AvgIpc) is 3.53. The number of nitrogens with zero attached hydrogens (tertiary/aromatic N) is 2. The van der Waals surface area contributed by atoms with Crippen molar-refractivity contribution in [1.82, 2.24) is 15.5 Å². The van der Waals surface area contributed by atoms with Gasteiger partial charge in [-0.15, -0.1) is 0 Å². The number of thioether (sulfide) groups is 1. The molecule has 1 spiro atoms. The first-order valence-electron chi connectivity index (χ1n) is 11.4. The molecule has 1 fully saturated rings. The van der Waals surface area contributed by atoms with Gasteiger partial charge in [0.2, 0.25) is 5.91 Å². The number of amides is 3. The van der Waals surface area contributed by atoms with Crippen molar-refractivity contribution in [2.45, 2.75) is 30.7 Å². The Morgan fingerprint density at radius 1 is 1.24 bits per heavy atom. The fourth-order valence-electron chi connectivity index (χ4n) is 4.92. The van der Waals surface area contributed by atoms with Crippen LogP contribution in [0.15, 0.2) is 59.1 Å². The monoisotopic (exact) mass is 498 g/mol. The van der Waals surface area contributed by atoms with E-state index < -0.39 is 0 Å². The zero-order valence-corrected chi connectivity index (χ0v) is 20.5. The summed E-state index contributed by atoms with van der Waals surface area (Å²) >= 11 is 7.37. The van der Waals surface area contributed by atoms with Crippen LogP contribution in [0.3, 0.4) is 0 Å². The summed E-state index contributed by atoms with van der Waals surface area (Å²) < 4.78 is 6.70. The maximum Gasteiger partial charge on any atom is 0.324 e. The van der Waals surface area contributed by atoms with Crippen LogP contribution in [-0.2, 0) is 16.6 Å². The highest BCUT2D eigenvalue weighted by Gasteiger charge is 2.49. The first-order chi connectivity index (χ1) is 16.4. The normalized spacial score (nSPS) is 23.0. The van der Waals surface area contributed by atoms with Crippen molar-refractivity contribution in [3.63, 3.8) is 0 Å². The van der Waals surface area contributed by atoms with Crippen LogP contribution in [0, 0.1) is 0 Å². The van der Waals surface area contributed by atoms with E-state index in [9.17, 15) is 9.59 Å². The van der Waals surface area contributed by atoms with Gasteiger partial charge in [-0.1, -0.05) is 53.7 Å². The molecule has 7 nitrogen and oxygen atoms in total. The van der Waals surface area contributed by atoms with E-state index in [0.717, 1.165) is 29.8 Å². The number of halogens is 1. The SMILES string of the molecule is CC(=O)N1CCC2(C1)CN(C(=O)NC1NC=C(Cl)S1)c1ccc(OCCc3ccccc3)cc12. The quantitative estimate of drug-likeness (QED) is 0.652. The number of carbonyl (C=O) groups is 2. The summed E-state index contributed by atoms with van der Waals surface area (Å²) in [4.78, 5) is 29.0. The lowest BCUT2D eigenvalue weighted by Crippen LogP contribution is -2.48. The summed E-state index contributed by atoms with van der Waals surface area (Å²) in [6.45, 7) is 3.96. The summed E-state index contributed by atoms with van der Waals surface area (Å²) in [6.07, 6.45) is 3.30. The lowest BCUT2D eigenvalue weighted by Gasteiger charge is -2.26. The van der Waals surface area contributed by atoms with E-state index in [-0.39, 0.29) is 22.9 Å². The molecule has 3 heterocycles. The fraction of sp³-hybridized carbons (Fsp3) is 0.360. The van der Waals surface area contributed by atoms with E-state index >= 15 is 0 Å². The van der Waals surface area contributed by atoms with Gasteiger partial charge in [-0.05, 0) is 35.7 Å². The van der Waals surface area contributed by atoms with Crippen molar-refractivity contribution in [1.29, 1.82) is 0 Å².